The number of hydrogen-bond acceptors (Lipinski definition) is 5. The second kappa shape index (κ2) is 5.27. The molecule has 1 N–H and O–H groups in total. The summed E-state index contributed by atoms with van der Waals surface area (Å²) in [5.74, 6) is -0.889. The summed E-state index contributed by atoms with van der Waals surface area (Å²) in [6.45, 7) is 2.34. The van der Waals surface area contributed by atoms with Crippen LogP contribution in [-0.4, -0.2) is 41.8 Å². The lowest BCUT2D eigenvalue weighted by Gasteiger charge is -2.29. The van der Waals surface area contributed by atoms with Gasteiger partial charge >= 0.3 is 5.97 Å². The van der Waals surface area contributed by atoms with Crippen molar-refractivity contribution in [3.63, 3.8) is 0 Å². The molecule has 1 fully saturated rings. The molecule has 1 atom stereocenters. The van der Waals surface area contributed by atoms with Crippen molar-refractivity contribution in [1.29, 1.82) is 5.26 Å². The van der Waals surface area contributed by atoms with Crippen molar-refractivity contribution in [3.8, 4) is 6.07 Å². The molecule has 1 aliphatic heterocycles. The van der Waals surface area contributed by atoms with Crippen molar-refractivity contribution in [2.45, 2.75) is 12.6 Å². The number of ether oxygens (including phenoxy) is 1. The Balaban J connectivity index is 2.03. The summed E-state index contributed by atoms with van der Waals surface area (Å²) in [7, 11) is 0. The number of hydrogen-bond donors (Lipinski definition) is 1. The third-order valence-corrected chi connectivity index (χ3v) is 3.57. The maximum absolute atomic E-state index is 11.0. The maximum Gasteiger partial charge on any atom is 0.346 e. The van der Waals surface area contributed by atoms with Gasteiger partial charge in [-0.2, -0.15) is 5.26 Å². The highest BCUT2D eigenvalue weighted by Crippen LogP contribution is 2.19. The molecule has 17 heavy (non-hydrogen) atoms. The van der Waals surface area contributed by atoms with E-state index < -0.39 is 12.1 Å². The number of carboxylic acid groups (broad SMARTS) is 1. The van der Waals surface area contributed by atoms with Crippen LogP contribution in [0.1, 0.15) is 15.2 Å². The topological polar surface area (TPSA) is 73.6 Å². The minimum absolute atomic E-state index is 0.380. The average molecular weight is 252 g/mol. The molecule has 0 saturated carbocycles. The fraction of sp³-hybridized carbons (Fsp3) is 0.455. The average Bonchev–Trinajstić information content (AvgIpc) is 2.77. The van der Waals surface area contributed by atoms with E-state index in [1.54, 1.807) is 5.38 Å². The minimum atomic E-state index is -0.889. The van der Waals surface area contributed by atoms with Crippen molar-refractivity contribution in [2.24, 2.45) is 0 Å². The Morgan fingerprint density at radius 3 is 3.29 bits per heavy atom. The van der Waals surface area contributed by atoms with Crippen molar-refractivity contribution in [1.82, 2.24) is 4.90 Å². The first kappa shape index (κ1) is 12.0. The molecule has 1 aromatic heterocycles. The molecule has 5 nitrogen and oxygen atoms in total. The van der Waals surface area contributed by atoms with Crippen LogP contribution in [0.15, 0.2) is 11.4 Å². The highest BCUT2D eigenvalue weighted by atomic mass is 32.1. The molecule has 0 aromatic carbocycles. The van der Waals surface area contributed by atoms with E-state index >= 15 is 0 Å². The van der Waals surface area contributed by atoms with Crippen molar-refractivity contribution in [2.75, 3.05) is 19.7 Å². The highest BCUT2D eigenvalue weighted by molar-refractivity contribution is 7.12. The minimum Gasteiger partial charge on any atom is -0.477 e. The summed E-state index contributed by atoms with van der Waals surface area (Å²) in [5.41, 5.74) is 0.807. The zero-order chi connectivity index (χ0) is 12.3. The van der Waals surface area contributed by atoms with Gasteiger partial charge in [0.25, 0.3) is 0 Å². The molecular formula is C11H12N2O3S. The van der Waals surface area contributed by atoms with E-state index in [0.717, 1.165) is 12.1 Å². The molecule has 0 aliphatic carbocycles. The number of nitriles is 1. The van der Waals surface area contributed by atoms with E-state index in [9.17, 15) is 4.79 Å². The summed E-state index contributed by atoms with van der Waals surface area (Å²) in [6, 6.07) is 3.90. The smallest absolute Gasteiger partial charge is 0.346 e. The van der Waals surface area contributed by atoms with Gasteiger partial charge in [-0.3, -0.25) is 4.90 Å². The van der Waals surface area contributed by atoms with Gasteiger partial charge in [0, 0.05) is 19.6 Å². The third-order valence-electron chi connectivity index (χ3n) is 2.63. The third kappa shape index (κ3) is 2.82. The lowest BCUT2D eigenvalue weighted by molar-refractivity contribution is -0.00274. The molecule has 1 aromatic rings. The molecule has 6 heteroatoms. The highest BCUT2D eigenvalue weighted by Gasteiger charge is 2.22. The first-order valence-electron chi connectivity index (χ1n) is 5.24. The van der Waals surface area contributed by atoms with Crippen LogP contribution < -0.4 is 0 Å². The van der Waals surface area contributed by atoms with Crippen LogP contribution in [0.3, 0.4) is 0 Å². The van der Waals surface area contributed by atoms with Gasteiger partial charge in [-0.1, -0.05) is 0 Å². The Labute approximate surface area is 103 Å². The summed E-state index contributed by atoms with van der Waals surface area (Å²) in [5, 5.41) is 19.6. The standard InChI is InChI=1S/C11H12N2O3S/c12-5-9-7-13(2-3-16-9)6-8-1-4-17-10(8)11(14)15/h1,4,9H,2-3,6-7H2,(H,14,15). The molecule has 0 radical (unpaired) electrons. The SMILES string of the molecule is N#CC1CN(Cc2ccsc2C(=O)O)CCO1. The van der Waals surface area contributed by atoms with Crippen molar-refractivity contribution >= 4 is 17.3 Å². The van der Waals surface area contributed by atoms with Crippen molar-refractivity contribution < 1.29 is 14.6 Å². The quantitative estimate of drug-likeness (QED) is 0.874. The number of rotatable bonds is 3. The molecule has 1 aliphatic rings. The Kier molecular flexibility index (Phi) is 3.74. The molecule has 1 unspecified atom stereocenters. The van der Waals surface area contributed by atoms with Gasteiger partial charge in [0.05, 0.1) is 12.7 Å². The number of carbonyl (C=O) groups is 1. The fourth-order valence-corrected chi connectivity index (χ4v) is 2.57. The first-order valence-corrected chi connectivity index (χ1v) is 6.12. The Morgan fingerprint density at radius 1 is 1.76 bits per heavy atom. The lowest BCUT2D eigenvalue weighted by Crippen LogP contribution is -2.41. The van der Waals surface area contributed by atoms with Crippen LogP contribution >= 0.6 is 11.3 Å². The molecule has 1 saturated heterocycles. The predicted molar refractivity (Wildman–Crippen MR) is 61.9 cm³/mol. The van der Waals surface area contributed by atoms with Crippen molar-refractivity contribution in [3.05, 3.63) is 21.9 Å². The molecule has 2 rings (SSSR count). The summed E-state index contributed by atoms with van der Waals surface area (Å²) in [4.78, 5) is 13.4. The lowest BCUT2D eigenvalue weighted by atomic mass is 10.2. The van der Waals surface area contributed by atoms with Crippen LogP contribution in [0.25, 0.3) is 0 Å². The van der Waals surface area contributed by atoms with E-state index in [4.69, 9.17) is 15.1 Å². The predicted octanol–water partition coefficient (Wildman–Crippen LogP) is 1.17. The van der Waals surface area contributed by atoms with Gasteiger partial charge in [-0.15, -0.1) is 11.3 Å². The Bertz CT molecular complexity index is 452. The van der Waals surface area contributed by atoms with Crippen LogP contribution in [0.5, 0.6) is 0 Å². The number of nitrogens with zero attached hydrogens (tertiary/aromatic N) is 2. The van der Waals surface area contributed by atoms with Gasteiger partial charge in [0.15, 0.2) is 6.10 Å². The van der Waals surface area contributed by atoms with Gasteiger partial charge in [0.2, 0.25) is 0 Å². The maximum atomic E-state index is 11.0. The molecule has 0 spiro atoms. The van der Waals surface area contributed by atoms with E-state index in [0.29, 0.717) is 24.6 Å². The monoisotopic (exact) mass is 252 g/mol. The number of carboxylic acids is 1. The second-order valence-corrected chi connectivity index (χ2v) is 4.72. The van der Waals surface area contributed by atoms with E-state index in [1.807, 2.05) is 11.0 Å². The van der Waals surface area contributed by atoms with Crippen LogP contribution in [0.4, 0.5) is 0 Å². The van der Waals surface area contributed by atoms with Crippen LogP contribution in [-0.2, 0) is 11.3 Å². The Morgan fingerprint density at radius 2 is 2.59 bits per heavy atom. The summed E-state index contributed by atoms with van der Waals surface area (Å²) < 4.78 is 5.24. The zero-order valence-corrected chi connectivity index (χ0v) is 9.94. The fourth-order valence-electron chi connectivity index (χ4n) is 1.81. The molecule has 90 valence electrons. The van der Waals surface area contributed by atoms with E-state index in [2.05, 4.69) is 6.07 Å². The second-order valence-electron chi connectivity index (χ2n) is 3.80. The largest absolute Gasteiger partial charge is 0.477 e. The van der Waals surface area contributed by atoms with Gasteiger partial charge < -0.3 is 9.84 Å². The van der Waals surface area contributed by atoms with E-state index in [-0.39, 0.29) is 0 Å². The first-order chi connectivity index (χ1) is 8.20. The molecule has 0 bridgehead atoms. The summed E-state index contributed by atoms with van der Waals surface area (Å²) >= 11 is 1.23. The normalized spacial score (nSPS) is 21.0. The number of thiophene rings is 1. The number of aromatic carboxylic acids is 1. The zero-order valence-electron chi connectivity index (χ0n) is 9.13. The molecular weight excluding hydrogens is 240 g/mol. The van der Waals surface area contributed by atoms with Gasteiger partial charge in [-0.05, 0) is 17.0 Å². The molecule has 0 amide bonds. The van der Waals surface area contributed by atoms with Crippen LogP contribution in [0.2, 0.25) is 0 Å². The van der Waals surface area contributed by atoms with Gasteiger partial charge in [-0.25, -0.2) is 4.79 Å². The summed E-state index contributed by atoms with van der Waals surface area (Å²) in [6.07, 6.45) is -0.407. The molecule has 2 heterocycles. The van der Waals surface area contributed by atoms with Gasteiger partial charge in [0.1, 0.15) is 4.88 Å². The van der Waals surface area contributed by atoms with Crippen LogP contribution in [0, 0.1) is 11.3 Å². The number of morpholine rings is 1. The Hall–Kier alpha value is -1.42. The van der Waals surface area contributed by atoms with E-state index in [1.165, 1.54) is 11.3 Å².